The molecule has 2 aromatic carbocycles. The Balaban J connectivity index is 0.00000192. The monoisotopic (exact) mass is 354 g/mol. The fourth-order valence-electron chi connectivity index (χ4n) is 2.64. The summed E-state index contributed by atoms with van der Waals surface area (Å²) in [6.07, 6.45) is 0. The van der Waals surface area contributed by atoms with Gasteiger partial charge in [0.05, 0.1) is 29.9 Å². The Hall–Kier alpha value is -1.92. The number of nitrogens with one attached hydrogen (secondary N) is 1. The third kappa shape index (κ3) is 3.09. The zero-order valence-corrected chi connectivity index (χ0v) is 14.6. The van der Waals surface area contributed by atoms with Gasteiger partial charge in [-0.1, -0.05) is 12.1 Å². The number of hydrogen-bond acceptors (Lipinski definition) is 4. The molecule has 7 heteroatoms. The van der Waals surface area contributed by atoms with Gasteiger partial charge >= 0.3 is 0 Å². The molecule has 0 aromatic heterocycles. The van der Waals surface area contributed by atoms with Crippen molar-refractivity contribution < 1.29 is 13.2 Å². The number of methoxy groups -OCH3 is 1. The maximum absolute atomic E-state index is 13.0. The Morgan fingerprint density at radius 1 is 1.17 bits per heavy atom. The molecule has 1 aliphatic rings. The first-order valence-electron chi connectivity index (χ1n) is 7.04. The number of anilines is 2. The molecule has 1 heterocycles. The lowest BCUT2D eigenvalue weighted by Gasteiger charge is -2.31. The van der Waals surface area contributed by atoms with Gasteiger partial charge in [-0.05, 0) is 42.8 Å². The van der Waals surface area contributed by atoms with Crippen LogP contribution in [0.3, 0.4) is 0 Å². The van der Waals surface area contributed by atoms with Gasteiger partial charge in [0.15, 0.2) is 0 Å². The lowest BCUT2D eigenvalue weighted by atomic mass is 10.2. The summed E-state index contributed by atoms with van der Waals surface area (Å²) in [6, 6.07) is 12.4. The first-order chi connectivity index (χ1) is 10.5. The van der Waals surface area contributed by atoms with Crippen molar-refractivity contribution in [3.05, 3.63) is 48.0 Å². The number of aryl methyl sites for hydroxylation is 1. The van der Waals surface area contributed by atoms with Gasteiger partial charge in [-0.3, -0.25) is 4.31 Å². The van der Waals surface area contributed by atoms with Gasteiger partial charge in [-0.15, -0.1) is 12.4 Å². The van der Waals surface area contributed by atoms with Gasteiger partial charge < -0.3 is 10.1 Å². The van der Waals surface area contributed by atoms with Crippen molar-refractivity contribution in [3.8, 4) is 5.75 Å². The number of rotatable bonds is 3. The van der Waals surface area contributed by atoms with Crippen LogP contribution in [0.5, 0.6) is 5.75 Å². The molecule has 0 atom stereocenters. The van der Waals surface area contributed by atoms with Crippen LogP contribution in [0.4, 0.5) is 11.4 Å². The second-order valence-corrected chi connectivity index (χ2v) is 7.01. The molecule has 0 radical (unpaired) electrons. The lowest BCUT2D eigenvalue weighted by Crippen LogP contribution is -2.38. The van der Waals surface area contributed by atoms with Gasteiger partial charge in [0, 0.05) is 6.54 Å². The molecule has 0 saturated carbocycles. The third-order valence-corrected chi connectivity index (χ3v) is 5.57. The molecule has 0 spiro atoms. The normalized spacial score (nSPS) is 13.6. The van der Waals surface area contributed by atoms with Crippen LogP contribution in [0.1, 0.15) is 5.56 Å². The van der Waals surface area contributed by atoms with Gasteiger partial charge in [-0.2, -0.15) is 0 Å². The van der Waals surface area contributed by atoms with E-state index in [1.807, 2.05) is 31.2 Å². The van der Waals surface area contributed by atoms with Gasteiger partial charge in [0.1, 0.15) is 5.75 Å². The van der Waals surface area contributed by atoms with Crippen molar-refractivity contribution in [1.29, 1.82) is 0 Å². The first-order valence-corrected chi connectivity index (χ1v) is 8.48. The van der Waals surface area contributed by atoms with Gasteiger partial charge in [0.25, 0.3) is 10.0 Å². The molecule has 0 bridgehead atoms. The zero-order chi connectivity index (χ0) is 15.7. The van der Waals surface area contributed by atoms with E-state index < -0.39 is 10.0 Å². The largest absolute Gasteiger partial charge is 0.496 e. The zero-order valence-electron chi connectivity index (χ0n) is 12.9. The van der Waals surface area contributed by atoms with E-state index in [0.717, 1.165) is 11.3 Å². The van der Waals surface area contributed by atoms with Crippen LogP contribution in [-0.4, -0.2) is 28.6 Å². The second-order valence-electron chi connectivity index (χ2n) is 5.15. The number of fused-ring (bicyclic) bond motifs is 1. The van der Waals surface area contributed by atoms with Gasteiger partial charge in [0.2, 0.25) is 0 Å². The smallest absolute Gasteiger partial charge is 0.264 e. The molecule has 1 N–H and O–H groups in total. The van der Waals surface area contributed by atoms with Crippen LogP contribution in [0.15, 0.2) is 47.4 Å². The standard InChI is InChI=1S/C16H18N2O3S.ClH/c1-12-11-13(7-8-16(12)21-2)22(19,20)18-10-9-17-14-5-3-4-6-15(14)18;/h3-8,11,17H,9-10H2,1-2H3;1H. The molecule has 0 fully saturated rings. The van der Waals surface area contributed by atoms with Gasteiger partial charge in [-0.25, -0.2) is 8.42 Å². The molecule has 124 valence electrons. The maximum Gasteiger partial charge on any atom is 0.264 e. The Bertz CT molecular complexity index is 809. The summed E-state index contributed by atoms with van der Waals surface area (Å²) < 4.78 is 32.6. The fourth-order valence-corrected chi connectivity index (χ4v) is 4.21. The molecule has 1 aliphatic heterocycles. The summed E-state index contributed by atoms with van der Waals surface area (Å²) >= 11 is 0. The minimum absolute atomic E-state index is 0. The van der Waals surface area contributed by atoms with E-state index in [0.29, 0.717) is 24.5 Å². The van der Waals surface area contributed by atoms with Crippen LogP contribution in [-0.2, 0) is 10.0 Å². The molecule has 2 aromatic rings. The van der Waals surface area contributed by atoms with Crippen LogP contribution >= 0.6 is 12.4 Å². The highest BCUT2D eigenvalue weighted by Crippen LogP contribution is 2.33. The minimum atomic E-state index is -3.59. The highest BCUT2D eigenvalue weighted by Gasteiger charge is 2.29. The summed E-state index contributed by atoms with van der Waals surface area (Å²) in [4.78, 5) is 0.280. The molecule has 0 unspecified atom stereocenters. The van der Waals surface area contributed by atoms with Crippen molar-refractivity contribution in [3.63, 3.8) is 0 Å². The van der Waals surface area contributed by atoms with Crippen molar-refractivity contribution in [2.24, 2.45) is 0 Å². The van der Waals surface area contributed by atoms with Crippen LogP contribution in [0.25, 0.3) is 0 Å². The van der Waals surface area contributed by atoms with Crippen LogP contribution in [0.2, 0.25) is 0 Å². The lowest BCUT2D eigenvalue weighted by molar-refractivity contribution is 0.411. The first kappa shape index (κ1) is 17.4. The second kappa shape index (κ2) is 6.68. The van der Waals surface area contributed by atoms with E-state index in [4.69, 9.17) is 4.74 Å². The fraction of sp³-hybridized carbons (Fsp3) is 0.250. The number of hydrogen-bond donors (Lipinski definition) is 1. The van der Waals surface area contributed by atoms with E-state index in [9.17, 15) is 8.42 Å². The van der Waals surface area contributed by atoms with E-state index >= 15 is 0 Å². The highest BCUT2D eigenvalue weighted by atomic mass is 35.5. The third-order valence-electron chi connectivity index (χ3n) is 3.76. The van der Waals surface area contributed by atoms with Crippen molar-refractivity contribution in [1.82, 2.24) is 0 Å². The molecule has 0 aliphatic carbocycles. The summed E-state index contributed by atoms with van der Waals surface area (Å²) in [6.45, 7) is 2.83. The number of benzene rings is 2. The number of sulfonamides is 1. The predicted octanol–water partition coefficient (Wildman–Crippen LogP) is 3.05. The summed E-state index contributed by atoms with van der Waals surface area (Å²) in [7, 11) is -2.01. The molecule has 3 rings (SSSR count). The molecule has 5 nitrogen and oxygen atoms in total. The number of ether oxygens (including phenoxy) is 1. The minimum Gasteiger partial charge on any atom is -0.496 e. The van der Waals surface area contributed by atoms with E-state index in [1.54, 1.807) is 25.3 Å². The molecule has 0 amide bonds. The van der Waals surface area contributed by atoms with Crippen LogP contribution in [0, 0.1) is 6.92 Å². The quantitative estimate of drug-likeness (QED) is 0.920. The highest BCUT2D eigenvalue weighted by molar-refractivity contribution is 7.92. The number of para-hydroxylation sites is 2. The predicted molar refractivity (Wildman–Crippen MR) is 94.4 cm³/mol. The number of nitrogens with zero attached hydrogens (tertiary/aromatic N) is 1. The molecular formula is C16H19ClN2O3S. The molecular weight excluding hydrogens is 336 g/mol. The number of halogens is 1. The SMILES string of the molecule is COc1ccc(S(=O)(=O)N2CCNc3ccccc32)cc1C.Cl. The Labute approximate surface area is 142 Å². The summed E-state index contributed by atoms with van der Waals surface area (Å²) in [5.41, 5.74) is 2.32. The molecule has 0 saturated heterocycles. The Kier molecular flexibility index (Phi) is 5.06. The van der Waals surface area contributed by atoms with Crippen molar-refractivity contribution in [2.75, 3.05) is 29.8 Å². The van der Waals surface area contributed by atoms with E-state index in [2.05, 4.69) is 5.32 Å². The van der Waals surface area contributed by atoms with E-state index in [1.165, 1.54) is 4.31 Å². The maximum atomic E-state index is 13.0. The Morgan fingerprint density at radius 3 is 2.61 bits per heavy atom. The van der Waals surface area contributed by atoms with Crippen molar-refractivity contribution >= 4 is 33.8 Å². The average Bonchev–Trinajstić information content (AvgIpc) is 2.54. The average molecular weight is 355 g/mol. The van der Waals surface area contributed by atoms with Crippen LogP contribution < -0.4 is 14.4 Å². The summed E-state index contributed by atoms with van der Waals surface area (Å²) in [5.74, 6) is 0.680. The molecule has 23 heavy (non-hydrogen) atoms. The topological polar surface area (TPSA) is 58.6 Å². The summed E-state index contributed by atoms with van der Waals surface area (Å²) in [5, 5.41) is 3.22. The Morgan fingerprint density at radius 2 is 1.91 bits per heavy atom. The van der Waals surface area contributed by atoms with Crippen molar-refractivity contribution in [2.45, 2.75) is 11.8 Å². The van der Waals surface area contributed by atoms with E-state index in [-0.39, 0.29) is 17.3 Å².